The molecule has 0 radical (unpaired) electrons. The van der Waals surface area contributed by atoms with Crippen molar-refractivity contribution in [2.24, 2.45) is 11.1 Å². The molecule has 0 saturated heterocycles. The molecular formula is C16H28N2O2. The highest BCUT2D eigenvalue weighted by atomic mass is 16.5. The zero-order valence-corrected chi connectivity index (χ0v) is 13.6. The van der Waals surface area contributed by atoms with E-state index in [1.165, 1.54) is 0 Å². The third-order valence-electron chi connectivity index (χ3n) is 3.09. The fourth-order valence-electron chi connectivity index (χ4n) is 2.40. The van der Waals surface area contributed by atoms with Crippen LogP contribution in [0.1, 0.15) is 32.4 Å². The van der Waals surface area contributed by atoms with E-state index >= 15 is 0 Å². The number of benzene rings is 1. The molecule has 0 heterocycles. The van der Waals surface area contributed by atoms with Crippen LogP contribution in [0.3, 0.4) is 0 Å². The molecule has 4 nitrogen and oxygen atoms in total. The van der Waals surface area contributed by atoms with Crippen molar-refractivity contribution in [1.82, 2.24) is 4.90 Å². The first-order valence-corrected chi connectivity index (χ1v) is 6.93. The highest BCUT2D eigenvalue weighted by molar-refractivity contribution is 5.43. The van der Waals surface area contributed by atoms with Gasteiger partial charge in [-0.3, -0.25) is 0 Å². The molecule has 20 heavy (non-hydrogen) atoms. The van der Waals surface area contributed by atoms with Crippen LogP contribution in [0.15, 0.2) is 18.2 Å². The lowest BCUT2D eigenvalue weighted by molar-refractivity contribution is 0.217. The normalized spacial score (nSPS) is 13.4. The summed E-state index contributed by atoms with van der Waals surface area (Å²) in [4.78, 5) is 2.27. The van der Waals surface area contributed by atoms with E-state index in [4.69, 9.17) is 15.2 Å². The Morgan fingerprint density at radius 1 is 1.15 bits per heavy atom. The van der Waals surface area contributed by atoms with Crippen molar-refractivity contribution in [2.75, 3.05) is 34.4 Å². The van der Waals surface area contributed by atoms with Gasteiger partial charge in [0.05, 0.1) is 14.2 Å². The molecule has 0 aliphatic carbocycles. The van der Waals surface area contributed by atoms with Gasteiger partial charge < -0.3 is 20.1 Å². The number of rotatable bonds is 6. The van der Waals surface area contributed by atoms with Crippen LogP contribution in [0, 0.1) is 5.41 Å². The molecular weight excluding hydrogens is 252 g/mol. The van der Waals surface area contributed by atoms with E-state index in [2.05, 4.69) is 32.7 Å². The lowest BCUT2D eigenvalue weighted by atomic mass is 9.96. The van der Waals surface area contributed by atoms with Gasteiger partial charge in [-0.25, -0.2) is 0 Å². The number of hydrogen-bond acceptors (Lipinski definition) is 4. The second kappa shape index (κ2) is 6.95. The topological polar surface area (TPSA) is 47.7 Å². The second-order valence-electron chi connectivity index (χ2n) is 6.48. The summed E-state index contributed by atoms with van der Waals surface area (Å²) in [7, 11) is 5.37. The van der Waals surface area contributed by atoms with Crippen LogP contribution < -0.4 is 15.2 Å². The predicted molar refractivity (Wildman–Crippen MR) is 83.4 cm³/mol. The highest BCUT2D eigenvalue weighted by Gasteiger charge is 2.17. The van der Waals surface area contributed by atoms with Crippen LogP contribution in [0.5, 0.6) is 11.5 Å². The van der Waals surface area contributed by atoms with Gasteiger partial charge in [0.15, 0.2) is 11.5 Å². The summed E-state index contributed by atoms with van der Waals surface area (Å²) >= 11 is 0. The first kappa shape index (κ1) is 16.8. The molecule has 0 aliphatic rings. The molecule has 0 saturated carbocycles. The standard InChI is InChI=1S/C16H28N2O2/c1-16(2,3)11-18(4)10-13(17)12-7-8-14(19-5)15(9-12)20-6/h7-9,13H,10-11,17H2,1-6H3. The largest absolute Gasteiger partial charge is 0.493 e. The van der Waals surface area contributed by atoms with E-state index in [-0.39, 0.29) is 11.5 Å². The SMILES string of the molecule is COc1ccc(C(N)CN(C)CC(C)(C)C)cc1OC. The van der Waals surface area contributed by atoms with Crippen molar-refractivity contribution in [1.29, 1.82) is 0 Å². The zero-order valence-electron chi connectivity index (χ0n) is 13.6. The maximum atomic E-state index is 6.29. The number of likely N-dealkylation sites (N-methyl/N-ethyl adjacent to an activating group) is 1. The summed E-state index contributed by atoms with van der Waals surface area (Å²) in [5, 5.41) is 0. The number of ether oxygens (including phenoxy) is 2. The summed E-state index contributed by atoms with van der Waals surface area (Å²) in [6, 6.07) is 5.81. The van der Waals surface area contributed by atoms with Crippen LogP contribution in [0.2, 0.25) is 0 Å². The molecule has 0 fully saturated rings. The molecule has 0 aromatic heterocycles. The second-order valence-corrected chi connectivity index (χ2v) is 6.48. The first-order chi connectivity index (χ1) is 9.26. The maximum absolute atomic E-state index is 6.29. The van der Waals surface area contributed by atoms with E-state index in [1.54, 1.807) is 14.2 Å². The Kier molecular flexibility index (Phi) is 5.84. The molecule has 0 bridgehead atoms. The van der Waals surface area contributed by atoms with Crippen molar-refractivity contribution in [3.05, 3.63) is 23.8 Å². The quantitative estimate of drug-likeness (QED) is 0.870. The van der Waals surface area contributed by atoms with Gasteiger partial charge in [0, 0.05) is 19.1 Å². The van der Waals surface area contributed by atoms with Crippen molar-refractivity contribution in [3.63, 3.8) is 0 Å². The Morgan fingerprint density at radius 2 is 1.75 bits per heavy atom. The maximum Gasteiger partial charge on any atom is 0.161 e. The molecule has 2 N–H and O–H groups in total. The fraction of sp³-hybridized carbons (Fsp3) is 0.625. The molecule has 0 amide bonds. The molecule has 114 valence electrons. The smallest absolute Gasteiger partial charge is 0.161 e. The van der Waals surface area contributed by atoms with Crippen LogP contribution in [-0.2, 0) is 0 Å². The van der Waals surface area contributed by atoms with Gasteiger partial charge in [0.2, 0.25) is 0 Å². The van der Waals surface area contributed by atoms with E-state index in [1.807, 2.05) is 18.2 Å². The summed E-state index contributed by atoms with van der Waals surface area (Å²) in [6.45, 7) is 8.50. The van der Waals surface area contributed by atoms with Gasteiger partial charge in [-0.1, -0.05) is 26.8 Å². The number of hydrogen-bond donors (Lipinski definition) is 1. The number of methoxy groups -OCH3 is 2. The van der Waals surface area contributed by atoms with Crippen molar-refractivity contribution >= 4 is 0 Å². The Morgan fingerprint density at radius 3 is 2.25 bits per heavy atom. The minimum atomic E-state index is -0.0397. The van der Waals surface area contributed by atoms with Crippen molar-refractivity contribution < 1.29 is 9.47 Å². The molecule has 4 heteroatoms. The summed E-state index contributed by atoms with van der Waals surface area (Å²) in [5.41, 5.74) is 7.62. The minimum absolute atomic E-state index is 0.0397. The lowest BCUT2D eigenvalue weighted by Gasteiger charge is -2.28. The lowest BCUT2D eigenvalue weighted by Crippen LogP contribution is -2.35. The summed E-state index contributed by atoms with van der Waals surface area (Å²) < 4.78 is 10.6. The van der Waals surface area contributed by atoms with Gasteiger partial charge in [0.25, 0.3) is 0 Å². The first-order valence-electron chi connectivity index (χ1n) is 6.93. The average molecular weight is 280 g/mol. The molecule has 0 spiro atoms. The summed E-state index contributed by atoms with van der Waals surface area (Å²) in [5.74, 6) is 1.45. The fourth-order valence-corrected chi connectivity index (χ4v) is 2.40. The Labute approximate surface area is 122 Å². The number of nitrogens with two attached hydrogens (primary N) is 1. The number of nitrogens with zero attached hydrogens (tertiary/aromatic N) is 1. The van der Waals surface area contributed by atoms with Gasteiger partial charge in [0.1, 0.15) is 0 Å². The molecule has 1 atom stereocenters. The Bertz CT molecular complexity index is 427. The zero-order chi connectivity index (χ0) is 15.3. The van der Waals surface area contributed by atoms with Gasteiger partial charge >= 0.3 is 0 Å². The average Bonchev–Trinajstić information content (AvgIpc) is 2.35. The van der Waals surface area contributed by atoms with Crippen molar-refractivity contribution in [3.8, 4) is 11.5 Å². The molecule has 1 unspecified atom stereocenters. The van der Waals surface area contributed by atoms with Crippen LogP contribution in [0.25, 0.3) is 0 Å². The Balaban J connectivity index is 2.74. The third-order valence-corrected chi connectivity index (χ3v) is 3.09. The van der Waals surface area contributed by atoms with Crippen LogP contribution >= 0.6 is 0 Å². The predicted octanol–water partition coefficient (Wildman–Crippen LogP) is 2.68. The molecule has 1 aromatic carbocycles. The van der Waals surface area contributed by atoms with Gasteiger partial charge in [-0.05, 0) is 30.2 Å². The van der Waals surface area contributed by atoms with E-state index in [0.29, 0.717) is 0 Å². The van der Waals surface area contributed by atoms with E-state index in [9.17, 15) is 0 Å². The monoisotopic (exact) mass is 280 g/mol. The molecule has 1 rings (SSSR count). The van der Waals surface area contributed by atoms with Crippen molar-refractivity contribution in [2.45, 2.75) is 26.8 Å². The van der Waals surface area contributed by atoms with Gasteiger partial charge in [-0.2, -0.15) is 0 Å². The highest BCUT2D eigenvalue weighted by Crippen LogP contribution is 2.29. The van der Waals surface area contributed by atoms with Crippen LogP contribution in [-0.4, -0.2) is 39.3 Å². The van der Waals surface area contributed by atoms with Crippen LogP contribution in [0.4, 0.5) is 0 Å². The van der Waals surface area contributed by atoms with Gasteiger partial charge in [-0.15, -0.1) is 0 Å². The molecule has 1 aromatic rings. The van der Waals surface area contributed by atoms with E-state index < -0.39 is 0 Å². The third kappa shape index (κ3) is 5.02. The minimum Gasteiger partial charge on any atom is -0.493 e. The van der Waals surface area contributed by atoms with E-state index in [0.717, 1.165) is 30.2 Å². The molecule has 0 aliphatic heterocycles. The summed E-state index contributed by atoms with van der Waals surface area (Å²) in [6.07, 6.45) is 0. The Hall–Kier alpha value is -1.26.